The van der Waals surface area contributed by atoms with Crippen molar-refractivity contribution in [1.29, 1.82) is 0 Å². The molecule has 100 valence electrons. The minimum Gasteiger partial charge on any atom is -0.455 e. The lowest BCUT2D eigenvalue weighted by Gasteiger charge is -2.17. The van der Waals surface area contributed by atoms with E-state index in [4.69, 9.17) is 10.3 Å². The molecule has 0 atom stereocenters. The molecule has 1 aromatic heterocycles. The van der Waals surface area contributed by atoms with E-state index in [0.29, 0.717) is 12.3 Å². The molecular weight excluding hydrogens is 236 g/mol. The highest BCUT2D eigenvalue weighted by Crippen LogP contribution is 2.09. The molecule has 0 aromatic carbocycles. The average Bonchev–Trinajstić information content (AvgIpc) is 2.76. The third kappa shape index (κ3) is 3.86. The Labute approximate surface area is 105 Å². The third-order valence-electron chi connectivity index (χ3n) is 2.35. The van der Waals surface area contributed by atoms with E-state index in [1.807, 2.05) is 5.43 Å². The molecule has 7 nitrogen and oxygen atoms in total. The lowest BCUT2D eigenvalue weighted by Crippen LogP contribution is -2.34. The quantitative estimate of drug-likeness (QED) is 0.416. The second-order valence-corrected chi connectivity index (χ2v) is 4.20. The van der Waals surface area contributed by atoms with E-state index in [-0.39, 0.29) is 18.2 Å². The predicted octanol–water partition coefficient (Wildman–Crippen LogP) is -0.597. The van der Waals surface area contributed by atoms with Gasteiger partial charge in [-0.15, -0.1) is 0 Å². The summed E-state index contributed by atoms with van der Waals surface area (Å²) >= 11 is 0. The molecule has 1 aromatic rings. The zero-order valence-corrected chi connectivity index (χ0v) is 10.8. The van der Waals surface area contributed by atoms with Gasteiger partial charge in [0, 0.05) is 14.1 Å². The van der Waals surface area contributed by atoms with Crippen molar-refractivity contribution < 1.29 is 14.0 Å². The maximum absolute atomic E-state index is 11.5. The van der Waals surface area contributed by atoms with Crippen molar-refractivity contribution in [2.24, 2.45) is 5.84 Å². The highest BCUT2D eigenvalue weighted by molar-refractivity contribution is 5.90. The van der Waals surface area contributed by atoms with Crippen LogP contribution in [0.2, 0.25) is 0 Å². The molecular formula is C11H18N4O3. The van der Waals surface area contributed by atoms with Gasteiger partial charge in [0.15, 0.2) is 5.76 Å². The molecule has 1 rings (SSSR count). The number of hydrogen-bond acceptors (Lipinski definition) is 5. The van der Waals surface area contributed by atoms with Gasteiger partial charge in [-0.05, 0) is 19.2 Å². The zero-order valence-electron chi connectivity index (χ0n) is 10.8. The minimum atomic E-state index is -0.478. The fourth-order valence-electron chi connectivity index (χ4n) is 1.35. The topological polar surface area (TPSA) is 91.8 Å². The summed E-state index contributed by atoms with van der Waals surface area (Å²) < 4.78 is 5.29. The molecule has 1 heterocycles. The van der Waals surface area contributed by atoms with Crippen LogP contribution in [0.5, 0.6) is 0 Å². The van der Waals surface area contributed by atoms with Crippen molar-refractivity contribution >= 4 is 11.8 Å². The van der Waals surface area contributed by atoms with Crippen LogP contribution in [-0.4, -0.2) is 49.3 Å². The number of carbonyl (C=O) groups excluding carboxylic acids is 2. The van der Waals surface area contributed by atoms with E-state index < -0.39 is 5.91 Å². The van der Waals surface area contributed by atoms with E-state index in [0.717, 1.165) is 0 Å². The normalized spacial score (nSPS) is 10.5. The first-order valence-corrected chi connectivity index (χ1v) is 5.42. The van der Waals surface area contributed by atoms with Crippen molar-refractivity contribution in [3.63, 3.8) is 0 Å². The summed E-state index contributed by atoms with van der Waals surface area (Å²) in [6.07, 6.45) is 0. The molecule has 2 amide bonds. The Balaban J connectivity index is 2.54. The molecule has 0 unspecified atom stereocenters. The summed E-state index contributed by atoms with van der Waals surface area (Å²) in [6.45, 7) is 0.726. The van der Waals surface area contributed by atoms with Crippen molar-refractivity contribution in [1.82, 2.24) is 15.2 Å². The summed E-state index contributed by atoms with van der Waals surface area (Å²) in [5, 5.41) is 0. The number of nitrogen functional groups attached to an aromatic ring is 1. The smallest absolute Gasteiger partial charge is 0.300 e. The summed E-state index contributed by atoms with van der Waals surface area (Å²) in [7, 11) is 5.20. The number of hydrazine groups is 1. The number of nitrogens with one attached hydrogen (secondary N) is 1. The van der Waals surface area contributed by atoms with Gasteiger partial charge in [0.05, 0.1) is 13.1 Å². The number of nitrogens with zero attached hydrogens (tertiary/aromatic N) is 2. The maximum atomic E-state index is 11.5. The second-order valence-electron chi connectivity index (χ2n) is 4.20. The van der Waals surface area contributed by atoms with Gasteiger partial charge in [-0.25, -0.2) is 5.84 Å². The van der Waals surface area contributed by atoms with Crippen LogP contribution in [0.1, 0.15) is 16.3 Å². The first-order chi connectivity index (χ1) is 8.43. The number of carbonyl (C=O) groups is 2. The number of amides is 2. The second kappa shape index (κ2) is 6.18. The van der Waals surface area contributed by atoms with Crippen molar-refractivity contribution in [3.05, 3.63) is 23.7 Å². The number of nitrogens with two attached hydrogens (primary N) is 1. The molecule has 0 saturated carbocycles. The molecule has 0 aliphatic rings. The fraction of sp³-hybridized carbons (Fsp3) is 0.455. The van der Waals surface area contributed by atoms with Crippen LogP contribution in [0.25, 0.3) is 0 Å². The standard InChI is InChI=1S/C11H18N4O3/c1-14(2)10(16)7-15(3)6-8-4-5-9(18-8)11(17)13-12/h4-5H,6-7,12H2,1-3H3,(H,13,17). The molecule has 7 heteroatoms. The average molecular weight is 254 g/mol. The Kier molecular flexibility index (Phi) is 4.87. The van der Waals surface area contributed by atoms with E-state index >= 15 is 0 Å². The molecule has 0 saturated heterocycles. The van der Waals surface area contributed by atoms with Crippen molar-refractivity contribution in [3.8, 4) is 0 Å². The fourth-order valence-corrected chi connectivity index (χ4v) is 1.35. The van der Waals surface area contributed by atoms with Gasteiger partial charge in [0.2, 0.25) is 5.91 Å². The summed E-state index contributed by atoms with van der Waals surface area (Å²) in [5.74, 6) is 5.27. The summed E-state index contributed by atoms with van der Waals surface area (Å²) in [5.41, 5.74) is 1.99. The van der Waals surface area contributed by atoms with Crippen LogP contribution in [0.15, 0.2) is 16.5 Å². The van der Waals surface area contributed by atoms with Crippen LogP contribution >= 0.6 is 0 Å². The van der Waals surface area contributed by atoms with Gasteiger partial charge in [-0.1, -0.05) is 0 Å². The van der Waals surface area contributed by atoms with Crippen LogP contribution in [0, 0.1) is 0 Å². The molecule has 0 bridgehead atoms. The molecule has 0 aliphatic carbocycles. The first-order valence-electron chi connectivity index (χ1n) is 5.42. The van der Waals surface area contributed by atoms with E-state index in [9.17, 15) is 9.59 Å². The SMILES string of the molecule is CN(CC(=O)N(C)C)Cc1ccc(C(=O)NN)o1. The molecule has 0 radical (unpaired) electrons. The number of rotatable bonds is 5. The largest absolute Gasteiger partial charge is 0.455 e. The Morgan fingerprint density at radius 1 is 1.33 bits per heavy atom. The summed E-state index contributed by atoms with van der Waals surface area (Å²) in [4.78, 5) is 26.0. The van der Waals surface area contributed by atoms with Crippen molar-refractivity contribution in [2.75, 3.05) is 27.7 Å². The van der Waals surface area contributed by atoms with Crippen LogP contribution < -0.4 is 11.3 Å². The van der Waals surface area contributed by atoms with E-state index in [1.54, 1.807) is 38.2 Å². The van der Waals surface area contributed by atoms with Crippen LogP contribution in [0.3, 0.4) is 0 Å². The Morgan fingerprint density at radius 3 is 2.56 bits per heavy atom. The van der Waals surface area contributed by atoms with Crippen LogP contribution in [-0.2, 0) is 11.3 Å². The lowest BCUT2D eigenvalue weighted by atomic mass is 10.4. The van der Waals surface area contributed by atoms with Gasteiger partial charge in [-0.2, -0.15) is 0 Å². The zero-order chi connectivity index (χ0) is 13.7. The Morgan fingerprint density at radius 2 is 2.00 bits per heavy atom. The van der Waals surface area contributed by atoms with Crippen LogP contribution in [0.4, 0.5) is 0 Å². The summed E-state index contributed by atoms with van der Waals surface area (Å²) in [6, 6.07) is 3.22. The van der Waals surface area contributed by atoms with Gasteiger partial charge < -0.3 is 9.32 Å². The third-order valence-corrected chi connectivity index (χ3v) is 2.35. The Bertz CT molecular complexity index is 428. The monoisotopic (exact) mass is 254 g/mol. The molecule has 0 spiro atoms. The first kappa shape index (κ1) is 14.2. The molecule has 0 aliphatic heterocycles. The molecule has 3 N–H and O–H groups in total. The van der Waals surface area contributed by atoms with E-state index in [2.05, 4.69) is 0 Å². The van der Waals surface area contributed by atoms with Gasteiger partial charge in [-0.3, -0.25) is 19.9 Å². The predicted molar refractivity (Wildman–Crippen MR) is 65.4 cm³/mol. The minimum absolute atomic E-state index is 0.00369. The molecule has 0 fully saturated rings. The van der Waals surface area contributed by atoms with Gasteiger partial charge in [0.25, 0.3) is 0 Å². The number of likely N-dealkylation sites (N-methyl/N-ethyl adjacent to an activating group) is 2. The highest BCUT2D eigenvalue weighted by atomic mass is 16.4. The molecule has 18 heavy (non-hydrogen) atoms. The van der Waals surface area contributed by atoms with Crippen molar-refractivity contribution in [2.45, 2.75) is 6.54 Å². The Hall–Kier alpha value is -1.86. The number of hydrogen-bond donors (Lipinski definition) is 2. The van der Waals surface area contributed by atoms with Gasteiger partial charge in [0.1, 0.15) is 5.76 Å². The highest BCUT2D eigenvalue weighted by Gasteiger charge is 2.13. The lowest BCUT2D eigenvalue weighted by molar-refractivity contribution is -0.129. The van der Waals surface area contributed by atoms with E-state index in [1.165, 1.54) is 4.90 Å². The van der Waals surface area contributed by atoms with Gasteiger partial charge >= 0.3 is 5.91 Å². The maximum Gasteiger partial charge on any atom is 0.300 e. The number of furan rings is 1.